The SMILES string of the molecule is COC(=O)CN(Cc1cc(OC)cc(OC)c1)C(=O)c1cnc(-c2cccs2)s1. The lowest BCUT2D eigenvalue weighted by Gasteiger charge is -2.21. The first kappa shape index (κ1) is 20.8. The van der Waals surface area contributed by atoms with Gasteiger partial charge in [0, 0.05) is 12.6 Å². The predicted molar refractivity (Wildman–Crippen MR) is 112 cm³/mol. The maximum Gasteiger partial charge on any atom is 0.325 e. The number of methoxy groups -OCH3 is 3. The van der Waals surface area contributed by atoms with Crippen molar-refractivity contribution < 1.29 is 23.8 Å². The number of ether oxygens (including phenoxy) is 3. The molecule has 7 nitrogen and oxygen atoms in total. The van der Waals surface area contributed by atoms with E-state index in [2.05, 4.69) is 4.98 Å². The van der Waals surface area contributed by atoms with Gasteiger partial charge in [0.1, 0.15) is 27.9 Å². The molecule has 0 aliphatic carbocycles. The van der Waals surface area contributed by atoms with Crippen molar-refractivity contribution in [3.63, 3.8) is 0 Å². The largest absolute Gasteiger partial charge is 0.497 e. The van der Waals surface area contributed by atoms with Gasteiger partial charge >= 0.3 is 5.97 Å². The van der Waals surface area contributed by atoms with E-state index in [1.54, 1.807) is 50.0 Å². The summed E-state index contributed by atoms with van der Waals surface area (Å²) in [7, 11) is 4.40. The average Bonchev–Trinajstić information content (AvgIpc) is 3.44. The van der Waals surface area contributed by atoms with E-state index in [9.17, 15) is 9.59 Å². The first-order chi connectivity index (χ1) is 14.0. The standard InChI is InChI=1S/C20H20N2O5S2/c1-25-14-7-13(8-15(9-14)26-2)11-22(12-18(23)27-3)20(24)17-10-21-19(29-17)16-5-4-6-28-16/h4-10H,11-12H2,1-3H3. The molecule has 152 valence electrons. The Morgan fingerprint density at radius 1 is 1.10 bits per heavy atom. The molecule has 0 spiro atoms. The zero-order valence-corrected chi connectivity index (χ0v) is 17.8. The Balaban J connectivity index is 1.87. The number of nitrogens with zero attached hydrogens (tertiary/aromatic N) is 2. The topological polar surface area (TPSA) is 78.0 Å². The fourth-order valence-corrected chi connectivity index (χ4v) is 4.33. The molecule has 0 saturated carbocycles. The van der Waals surface area contributed by atoms with Crippen LogP contribution in [-0.4, -0.2) is 49.6 Å². The molecule has 2 heterocycles. The van der Waals surface area contributed by atoms with E-state index >= 15 is 0 Å². The number of hydrogen-bond acceptors (Lipinski definition) is 8. The third-order valence-electron chi connectivity index (χ3n) is 4.07. The number of rotatable bonds is 8. The lowest BCUT2D eigenvalue weighted by atomic mass is 10.2. The Morgan fingerprint density at radius 2 is 1.83 bits per heavy atom. The van der Waals surface area contributed by atoms with Crippen molar-refractivity contribution in [2.24, 2.45) is 0 Å². The van der Waals surface area contributed by atoms with Gasteiger partial charge in [0.2, 0.25) is 0 Å². The van der Waals surface area contributed by atoms with E-state index in [-0.39, 0.29) is 19.0 Å². The zero-order valence-electron chi connectivity index (χ0n) is 16.2. The molecule has 0 bridgehead atoms. The molecule has 3 aromatic rings. The Morgan fingerprint density at radius 3 is 2.41 bits per heavy atom. The van der Waals surface area contributed by atoms with E-state index in [0.717, 1.165) is 15.4 Å². The summed E-state index contributed by atoms with van der Waals surface area (Å²) in [5.74, 6) is 0.402. The Hall–Kier alpha value is -2.91. The molecule has 3 rings (SSSR count). The van der Waals surface area contributed by atoms with Crippen LogP contribution >= 0.6 is 22.7 Å². The number of aromatic nitrogens is 1. The summed E-state index contributed by atoms with van der Waals surface area (Å²) in [6, 6.07) is 9.22. The van der Waals surface area contributed by atoms with E-state index in [1.807, 2.05) is 17.5 Å². The molecule has 0 atom stereocenters. The highest BCUT2D eigenvalue weighted by Gasteiger charge is 2.23. The van der Waals surface area contributed by atoms with Gasteiger partial charge in [0.05, 0.1) is 32.4 Å². The molecule has 0 aliphatic rings. The van der Waals surface area contributed by atoms with Gasteiger partial charge in [-0.15, -0.1) is 22.7 Å². The summed E-state index contributed by atoms with van der Waals surface area (Å²) in [4.78, 5) is 32.2. The number of benzene rings is 1. The van der Waals surface area contributed by atoms with Gasteiger partial charge in [0.15, 0.2) is 0 Å². The number of carbonyl (C=O) groups excluding carboxylic acids is 2. The lowest BCUT2D eigenvalue weighted by Crippen LogP contribution is -2.35. The van der Waals surface area contributed by atoms with Gasteiger partial charge in [-0.25, -0.2) is 4.98 Å². The zero-order chi connectivity index (χ0) is 20.8. The highest BCUT2D eigenvalue weighted by atomic mass is 32.1. The fourth-order valence-electron chi connectivity index (χ4n) is 2.64. The maximum atomic E-state index is 13.1. The summed E-state index contributed by atoms with van der Waals surface area (Å²) < 4.78 is 15.3. The number of amides is 1. The maximum absolute atomic E-state index is 13.1. The Kier molecular flexibility index (Phi) is 6.84. The van der Waals surface area contributed by atoms with Crippen LogP contribution in [0.1, 0.15) is 15.2 Å². The van der Waals surface area contributed by atoms with E-state index in [4.69, 9.17) is 14.2 Å². The molecule has 0 fully saturated rings. The fraction of sp³-hybridized carbons (Fsp3) is 0.250. The van der Waals surface area contributed by atoms with Crippen LogP contribution in [0.3, 0.4) is 0 Å². The van der Waals surface area contributed by atoms with Crippen molar-refractivity contribution in [2.75, 3.05) is 27.9 Å². The van der Waals surface area contributed by atoms with Crippen LogP contribution in [-0.2, 0) is 16.1 Å². The Labute approximate surface area is 176 Å². The number of thiophene rings is 1. The van der Waals surface area contributed by atoms with Crippen LogP contribution in [0.15, 0.2) is 41.9 Å². The minimum Gasteiger partial charge on any atom is -0.497 e. The monoisotopic (exact) mass is 432 g/mol. The Bertz CT molecular complexity index is 962. The molecule has 0 saturated heterocycles. The van der Waals surface area contributed by atoms with Crippen LogP contribution in [0.25, 0.3) is 9.88 Å². The summed E-state index contributed by atoms with van der Waals surface area (Å²) in [6.45, 7) is 0.00875. The predicted octanol–water partition coefficient (Wildman–Crippen LogP) is 3.70. The molecule has 29 heavy (non-hydrogen) atoms. The van der Waals surface area contributed by atoms with Crippen molar-refractivity contribution in [2.45, 2.75) is 6.54 Å². The summed E-state index contributed by atoms with van der Waals surface area (Å²) in [5, 5.41) is 2.72. The van der Waals surface area contributed by atoms with Crippen LogP contribution in [0.2, 0.25) is 0 Å². The summed E-state index contributed by atoms with van der Waals surface area (Å²) in [6.07, 6.45) is 1.54. The minimum atomic E-state index is -0.504. The second-order valence-corrected chi connectivity index (χ2v) is 7.94. The van der Waals surface area contributed by atoms with Gasteiger partial charge < -0.3 is 19.1 Å². The van der Waals surface area contributed by atoms with Crippen molar-refractivity contribution in [3.05, 3.63) is 52.3 Å². The molecule has 1 aromatic carbocycles. The smallest absolute Gasteiger partial charge is 0.325 e. The van der Waals surface area contributed by atoms with Crippen LogP contribution < -0.4 is 9.47 Å². The molecule has 1 amide bonds. The summed E-state index contributed by atoms with van der Waals surface area (Å²) in [5.41, 5.74) is 0.765. The van der Waals surface area contributed by atoms with E-state index in [0.29, 0.717) is 16.4 Å². The highest BCUT2D eigenvalue weighted by molar-refractivity contribution is 7.21. The second-order valence-electron chi connectivity index (χ2n) is 5.97. The molecule has 0 N–H and O–H groups in total. The number of esters is 1. The second kappa shape index (κ2) is 9.53. The van der Waals surface area contributed by atoms with Crippen molar-refractivity contribution in [1.29, 1.82) is 0 Å². The van der Waals surface area contributed by atoms with Crippen molar-refractivity contribution in [3.8, 4) is 21.4 Å². The quantitative estimate of drug-likeness (QED) is 0.505. The average molecular weight is 433 g/mol. The number of carbonyl (C=O) groups is 2. The third-order valence-corrected chi connectivity index (χ3v) is 6.09. The normalized spacial score (nSPS) is 10.4. The van der Waals surface area contributed by atoms with Gasteiger partial charge in [-0.05, 0) is 29.1 Å². The van der Waals surface area contributed by atoms with Crippen molar-refractivity contribution in [1.82, 2.24) is 9.88 Å². The lowest BCUT2D eigenvalue weighted by molar-refractivity contribution is -0.141. The molecule has 0 radical (unpaired) electrons. The highest BCUT2D eigenvalue weighted by Crippen LogP contribution is 2.30. The minimum absolute atomic E-state index is 0.179. The molecular formula is C20H20N2O5S2. The van der Waals surface area contributed by atoms with Gasteiger partial charge in [-0.1, -0.05) is 6.07 Å². The molecule has 0 unspecified atom stereocenters. The van der Waals surface area contributed by atoms with E-state index < -0.39 is 5.97 Å². The van der Waals surface area contributed by atoms with Gasteiger partial charge in [-0.3, -0.25) is 9.59 Å². The van der Waals surface area contributed by atoms with Crippen molar-refractivity contribution >= 4 is 34.6 Å². The first-order valence-electron chi connectivity index (χ1n) is 8.61. The molecule has 0 aliphatic heterocycles. The summed E-state index contributed by atoms with van der Waals surface area (Å²) >= 11 is 2.85. The molecule has 9 heteroatoms. The molecular weight excluding hydrogens is 412 g/mol. The van der Waals surface area contributed by atoms with E-state index in [1.165, 1.54) is 23.3 Å². The van der Waals surface area contributed by atoms with Gasteiger partial charge in [-0.2, -0.15) is 0 Å². The van der Waals surface area contributed by atoms with Crippen LogP contribution in [0.4, 0.5) is 0 Å². The third kappa shape index (κ3) is 5.12. The van der Waals surface area contributed by atoms with Gasteiger partial charge in [0.25, 0.3) is 5.91 Å². The number of hydrogen-bond donors (Lipinski definition) is 0. The number of thiazole rings is 1. The first-order valence-corrected chi connectivity index (χ1v) is 10.3. The van der Waals surface area contributed by atoms with Crippen LogP contribution in [0, 0.1) is 0 Å². The van der Waals surface area contributed by atoms with Crippen LogP contribution in [0.5, 0.6) is 11.5 Å². The molecule has 2 aromatic heterocycles.